The highest BCUT2D eigenvalue weighted by molar-refractivity contribution is 5.48. The van der Waals surface area contributed by atoms with Crippen LogP contribution in [0.2, 0.25) is 0 Å². The molecule has 0 saturated carbocycles. The number of anilines is 2. The Morgan fingerprint density at radius 1 is 1.27 bits per heavy atom. The van der Waals surface area contributed by atoms with Crippen LogP contribution in [0.1, 0.15) is 26.3 Å². The molecule has 0 amide bonds. The second kappa shape index (κ2) is 5.53. The van der Waals surface area contributed by atoms with Crippen LogP contribution in [-0.2, 0) is 0 Å². The second-order valence-corrected chi connectivity index (χ2v) is 3.40. The Morgan fingerprint density at radius 2 is 1.93 bits per heavy atom. The lowest BCUT2D eigenvalue weighted by Crippen LogP contribution is -2.24. The number of aryl methyl sites for hydroxylation is 1. The third kappa shape index (κ3) is 2.81. The van der Waals surface area contributed by atoms with Gasteiger partial charge in [0, 0.05) is 31.4 Å². The predicted molar refractivity (Wildman–Crippen MR) is 64.5 cm³/mol. The zero-order valence-electron chi connectivity index (χ0n) is 10.0. The summed E-state index contributed by atoms with van der Waals surface area (Å²) in [5, 5.41) is 3.13. The largest absolute Gasteiger partial charge is 0.357 e. The lowest BCUT2D eigenvalue weighted by molar-refractivity contribution is 0.835. The van der Waals surface area contributed by atoms with Crippen molar-refractivity contribution in [2.45, 2.75) is 27.7 Å². The first-order valence-corrected chi connectivity index (χ1v) is 5.55. The molecule has 1 rings (SSSR count). The lowest BCUT2D eigenvalue weighted by atomic mass is 10.3. The predicted octanol–water partition coefficient (Wildman–Crippen LogP) is 2.06. The Kier molecular flexibility index (Phi) is 4.34. The fraction of sp³-hybridized carbons (Fsp3) is 0.636. The van der Waals surface area contributed by atoms with Gasteiger partial charge >= 0.3 is 0 Å². The average Bonchev–Trinajstić information content (AvgIpc) is 2.24. The van der Waals surface area contributed by atoms with Gasteiger partial charge in [-0.05, 0) is 27.7 Å². The first-order valence-electron chi connectivity index (χ1n) is 5.55. The van der Waals surface area contributed by atoms with Crippen molar-refractivity contribution in [2.24, 2.45) is 0 Å². The van der Waals surface area contributed by atoms with Crippen molar-refractivity contribution < 1.29 is 0 Å². The molecule has 4 heteroatoms. The van der Waals surface area contributed by atoms with Gasteiger partial charge in [-0.1, -0.05) is 0 Å². The van der Waals surface area contributed by atoms with E-state index in [1.807, 2.05) is 20.0 Å². The molecule has 1 aromatic heterocycles. The zero-order chi connectivity index (χ0) is 11.3. The molecule has 0 atom stereocenters. The molecule has 0 aliphatic carbocycles. The van der Waals surface area contributed by atoms with Crippen LogP contribution in [0, 0.1) is 6.92 Å². The van der Waals surface area contributed by atoms with Crippen LogP contribution in [0.25, 0.3) is 0 Å². The monoisotopic (exact) mass is 208 g/mol. The molecule has 0 bridgehead atoms. The average molecular weight is 208 g/mol. The Morgan fingerprint density at radius 3 is 2.47 bits per heavy atom. The van der Waals surface area contributed by atoms with Gasteiger partial charge in [0.05, 0.1) is 0 Å². The standard InChI is InChI=1S/C11H20N4/c1-5-12-11-13-8-9(4)10(14-11)15(6-2)7-3/h8H,5-7H2,1-4H3,(H,12,13,14). The summed E-state index contributed by atoms with van der Waals surface area (Å²) in [7, 11) is 0. The molecule has 1 N–H and O–H groups in total. The third-order valence-corrected chi connectivity index (χ3v) is 2.34. The van der Waals surface area contributed by atoms with Crippen molar-refractivity contribution in [1.29, 1.82) is 0 Å². The first-order chi connectivity index (χ1) is 7.22. The normalized spacial score (nSPS) is 10.1. The molecule has 0 radical (unpaired) electrons. The number of hydrogen-bond acceptors (Lipinski definition) is 4. The van der Waals surface area contributed by atoms with Crippen molar-refractivity contribution in [3.8, 4) is 0 Å². The van der Waals surface area contributed by atoms with E-state index in [1.165, 1.54) is 0 Å². The fourth-order valence-corrected chi connectivity index (χ4v) is 1.52. The summed E-state index contributed by atoms with van der Waals surface area (Å²) in [6.45, 7) is 11.2. The van der Waals surface area contributed by atoms with E-state index >= 15 is 0 Å². The highest BCUT2D eigenvalue weighted by atomic mass is 15.2. The number of aromatic nitrogens is 2. The van der Waals surface area contributed by atoms with Crippen molar-refractivity contribution >= 4 is 11.8 Å². The Bertz CT molecular complexity index is 307. The van der Waals surface area contributed by atoms with Gasteiger partial charge < -0.3 is 10.2 Å². The Hall–Kier alpha value is -1.32. The highest BCUT2D eigenvalue weighted by Crippen LogP contribution is 2.17. The molecule has 4 nitrogen and oxygen atoms in total. The Balaban J connectivity index is 2.98. The van der Waals surface area contributed by atoms with E-state index in [4.69, 9.17) is 0 Å². The minimum absolute atomic E-state index is 0.713. The number of nitrogens with one attached hydrogen (secondary N) is 1. The van der Waals surface area contributed by atoms with E-state index in [9.17, 15) is 0 Å². The van der Waals surface area contributed by atoms with Crippen LogP contribution < -0.4 is 10.2 Å². The van der Waals surface area contributed by atoms with Gasteiger partial charge in [-0.3, -0.25) is 0 Å². The summed E-state index contributed by atoms with van der Waals surface area (Å²) in [6, 6.07) is 0. The molecule has 0 aliphatic rings. The van der Waals surface area contributed by atoms with Crippen LogP contribution >= 0.6 is 0 Å². The Labute approximate surface area is 91.7 Å². The summed E-state index contributed by atoms with van der Waals surface area (Å²) in [5.41, 5.74) is 1.13. The lowest BCUT2D eigenvalue weighted by Gasteiger charge is -2.21. The zero-order valence-corrected chi connectivity index (χ0v) is 10.0. The topological polar surface area (TPSA) is 41.1 Å². The maximum Gasteiger partial charge on any atom is 0.224 e. The van der Waals surface area contributed by atoms with Gasteiger partial charge in [-0.2, -0.15) is 4.98 Å². The van der Waals surface area contributed by atoms with Crippen molar-refractivity contribution in [3.05, 3.63) is 11.8 Å². The summed E-state index contributed by atoms with van der Waals surface area (Å²) in [4.78, 5) is 11.0. The first kappa shape index (κ1) is 11.8. The van der Waals surface area contributed by atoms with Crippen LogP contribution in [0.5, 0.6) is 0 Å². The smallest absolute Gasteiger partial charge is 0.224 e. The highest BCUT2D eigenvalue weighted by Gasteiger charge is 2.08. The van der Waals surface area contributed by atoms with Gasteiger partial charge in [0.25, 0.3) is 0 Å². The van der Waals surface area contributed by atoms with Gasteiger partial charge in [-0.15, -0.1) is 0 Å². The van der Waals surface area contributed by atoms with E-state index in [0.29, 0.717) is 5.95 Å². The molecule has 15 heavy (non-hydrogen) atoms. The molecule has 0 aromatic carbocycles. The summed E-state index contributed by atoms with van der Waals surface area (Å²) >= 11 is 0. The number of nitrogens with zero attached hydrogens (tertiary/aromatic N) is 3. The number of rotatable bonds is 5. The fourth-order valence-electron chi connectivity index (χ4n) is 1.52. The van der Waals surface area contributed by atoms with Gasteiger partial charge in [-0.25, -0.2) is 4.98 Å². The van der Waals surface area contributed by atoms with E-state index < -0.39 is 0 Å². The molecule has 0 unspecified atom stereocenters. The molecule has 1 heterocycles. The van der Waals surface area contributed by atoms with Crippen LogP contribution in [0.15, 0.2) is 6.20 Å². The molecule has 0 aliphatic heterocycles. The van der Waals surface area contributed by atoms with E-state index in [-0.39, 0.29) is 0 Å². The van der Waals surface area contributed by atoms with Crippen molar-refractivity contribution in [3.63, 3.8) is 0 Å². The van der Waals surface area contributed by atoms with E-state index in [2.05, 4.69) is 34.0 Å². The van der Waals surface area contributed by atoms with Gasteiger partial charge in [0.1, 0.15) is 5.82 Å². The maximum absolute atomic E-state index is 4.51. The minimum Gasteiger partial charge on any atom is -0.357 e. The third-order valence-electron chi connectivity index (χ3n) is 2.34. The molecule has 84 valence electrons. The summed E-state index contributed by atoms with van der Waals surface area (Å²) < 4.78 is 0. The van der Waals surface area contributed by atoms with Crippen molar-refractivity contribution in [2.75, 3.05) is 29.9 Å². The molecule has 0 spiro atoms. The van der Waals surface area contributed by atoms with Crippen LogP contribution in [-0.4, -0.2) is 29.6 Å². The van der Waals surface area contributed by atoms with Crippen molar-refractivity contribution in [1.82, 2.24) is 9.97 Å². The molecule has 1 aromatic rings. The molecular weight excluding hydrogens is 188 g/mol. The second-order valence-electron chi connectivity index (χ2n) is 3.40. The molecule has 0 fully saturated rings. The van der Waals surface area contributed by atoms with E-state index in [0.717, 1.165) is 31.0 Å². The van der Waals surface area contributed by atoms with Gasteiger partial charge in [0.2, 0.25) is 5.95 Å². The summed E-state index contributed by atoms with van der Waals surface area (Å²) in [5.74, 6) is 1.75. The van der Waals surface area contributed by atoms with E-state index in [1.54, 1.807) is 0 Å². The summed E-state index contributed by atoms with van der Waals surface area (Å²) in [6.07, 6.45) is 1.87. The van der Waals surface area contributed by atoms with Gasteiger partial charge in [0.15, 0.2) is 0 Å². The minimum atomic E-state index is 0.713. The molecule has 0 saturated heterocycles. The number of hydrogen-bond donors (Lipinski definition) is 1. The quantitative estimate of drug-likeness (QED) is 0.804. The SMILES string of the molecule is CCNc1ncc(C)c(N(CC)CC)n1. The van der Waals surface area contributed by atoms with Crippen LogP contribution in [0.3, 0.4) is 0 Å². The maximum atomic E-state index is 4.51. The van der Waals surface area contributed by atoms with Crippen LogP contribution in [0.4, 0.5) is 11.8 Å². The molecular formula is C11H20N4.